The van der Waals surface area contributed by atoms with Crippen molar-refractivity contribution in [2.75, 3.05) is 13.1 Å². The van der Waals surface area contributed by atoms with Crippen LogP contribution in [-0.4, -0.2) is 46.2 Å². The van der Waals surface area contributed by atoms with E-state index in [4.69, 9.17) is 0 Å². The average Bonchev–Trinajstić information content (AvgIpc) is 2.31. The lowest BCUT2D eigenvalue weighted by Crippen LogP contribution is -2.47. The second-order valence-corrected chi connectivity index (χ2v) is 6.23. The normalized spacial score (nSPS) is 27.2. The predicted octanol–water partition coefficient (Wildman–Crippen LogP) is 1.35. The summed E-state index contributed by atoms with van der Waals surface area (Å²) in [7, 11) is 0. The number of likely N-dealkylation sites (tertiary alicyclic amines) is 1. The van der Waals surface area contributed by atoms with Crippen LogP contribution in [0.15, 0.2) is 0 Å². The molecule has 1 rings (SSSR count). The molecule has 1 aliphatic rings. The van der Waals surface area contributed by atoms with Crippen molar-refractivity contribution in [2.24, 2.45) is 17.3 Å². The number of amides is 1. The highest BCUT2D eigenvalue weighted by atomic mass is 16.4. The van der Waals surface area contributed by atoms with E-state index in [0.717, 1.165) is 0 Å². The second-order valence-electron chi connectivity index (χ2n) is 6.23. The molecule has 1 aliphatic heterocycles. The van der Waals surface area contributed by atoms with Gasteiger partial charge in [-0.1, -0.05) is 20.8 Å². The molecule has 0 aromatic heterocycles. The highest BCUT2D eigenvalue weighted by Crippen LogP contribution is 2.32. The van der Waals surface area contributed by atoms with Crippen LogP contribution in [0, 0.1) is 17.3 Å². The molecule has 1 saturated heterocycles. The van der Waals surface area contributed by atoms with Gasteiger partial charge in [-0.15, -0.1) is 0 Å². The number of carboxylic acid groups (broad SMARTS) is 1. The number of hydrogen-bond acceptors (Lipinski definition) is 3. The van der Waals surface area contributed by atoms with Gasteiger partial charge < -0.3 is 15.1 Å². The molecule has 110 valence electrons. The fraction of sp³-hybridized carbons (Fsp3) is 0.857. The van der Waals surface area contributed by atoms with Crippen molar-refractivity contribution in [2.45, 2.75) is 46.6 Å². The second kappa shape index (κ2) is 5.90. The number of carboxylic acids is 1. The first kappa shape index (κ1) is 16.0. The smallest absolute Gasteiger partial charge is 0.310 e. The van der Waals surface area contributed by atoms with Crippen LogP contribution in [-0.2, 0) is 9.59 Å². The Morgan fingerprint density at radius 2 is 2.00 bits per heavy atom. The third-order valence-corrected chi connectivity index (χ3v) is 4.49. The van der Waals surface area contributed by atoms with Gasteiger partial charge in [0.25, 0.3) is 0 Å². The molecule has 1 heterocycles. The molecular formula is C14H25NO4. The fourth-order valence-electron chi connectivity index (χ4n) is 2.31. The maximum Gasteiger partial charge on any atom is 0.310 e. The van der Waals surface area contributed by atoms with Gasteiger partial charge in [0.05, 0.1) is 11.5 Å². The molecule has 0 aromatic carbocycles. The van der Waals surface area contributed by atoms with E-state index in [1.165, 1.54) is 0 Å². The Hall–Kier alpha value is -1.10. The van der Waals surface area contributed by atoms with Crippen molar-refractivity contribution in [1.29, 1.82) is 0 Å². The third kappa shape index (κ3) is 3.47. The zero-order valence-corrected chi connectivity index (χ0v) is 12.2. The van der Waals surface area contributed by atoms with E-state index in [9.17, 15) is 19.8 Å². The van der Waals surface area contributed by atoms with Crippen LogP contribution >= 0.6 is 0 Å². The Kier molecular flexibility index (Phi) is 4.96. The molecule has 1 amide bonds. The van der Waals surface area contributed by atoms with Gasteiger partial charge >= 0.3 is 5.97 Å². The van der Waals surface area contributed by atoms with Crippen molar-refractivity contribution in [3.8, 4) is 0 Å². The van der Waals surface area contributed by atoms with Gasteiger partial charge in [-0.2, -0.15) is 0 Å². The third-order valence-electron chi connectivity index (χ3n) is 4.49. The number of nitrogens with zero attached hydrogens (tertiary/aromatic N) is 1. The summed E-state index contributed by atoms with van der Waals surface area (Å²) in [6, 6.07) is 0. The van der Waals surface area contributed by atoms with Gasteiger partial charge in [-0.25, -0.2) is 0 Å². The maximum atomic E-state index is 12.3. The van der Waals surface area contributed by atoms with Gasteiger partial charge in [0, 0.05) is 19.5 Å². The van der Waals surface area contributed by atoms with Gasteiger partial charge in [-0.05, 0) is 25.2 Å². The summed E-state index contributed by atoms with van der Waals surface area (Å²) in [5, 5.41) is 19.0. The Bertz CT molecular complexity index is 355. The monoisotopic (exact) mass is 271 g/mol. The quantitative estimate of drug-likeness (QED) is 0.809. The number of aliphatic hydroxyl groups is 1. The number of carbonyl (C=O) groups is 2. The molecule has 3 atom stereocenters. The summed E-state index contributed by atoms with van der Waals surface area (Å²) in [5.41, 5.74) is -1.03. The van der Waals surface area contributed by atoms with Gasteiger partial charge in [0.15, 0.2) is 0 Å². The highest BCUT2D eigenvalue weighted by molar-refractivity contribution is 5.85. The van der Waals surface area contributed by atoms with Crippen LogP contribution in [0.1, 0.15) is 40.5 Å². The van der Waals surface area contributed by atoms with Crippen molar-refractivity contribution in [3.05, 3.63) is 0 Å². The molecule has 0 saturated carbocycles. The summed E-state index contributed by atoms with van der Waals surface area (Å²) in [4.78, 5) is 25.3. The number of aliphatic hydroxyl groups excluding tert-OH is 1. The van der Waals surface area contributed by atoms with Gasteiger partial charge in [-0.3, -0.25) is 9.59 Å². The topological polar surface area (TPSA) is 77.8 Å². The van der Waals surface area contributed by atoms with Crippen molar-refractivity contribution in [3.63, 3.8) is 0 Å². The molecule has 1 fully saturated rings. The molecule has 3 unspecified atom stereocenters. The summed E-state index contributed by atoms with van der Waals surface area (Å²) >= 11 is 0. The van der Waals surface area contributed by atoms with Crippen molar-refractivity contribution < 1.29 is 19.8 Å². The number of piperidine rings is 1. The summed E-state index contributed by atoms with van der Waals surface area (Å²) < 4.78 is 0. The molecular weight excluding hydrogens is 246 g/mol. The Morgan fingerprint density at radius 1 is 1.42 bits per heavy atom. The Balaban J connectivity index is 2.71. The number of carbonyl (C=O) groups excluding carboxylic acids is 1. The van der Waals surface area contributed by atoms with E-state index in [1.54, 1.807) is 11.8 Å². The minimum atomic E-state index is -1.03. The van der Waals surface area contributed by atoms with Crippen LogP contribution in [0.25, 0.3) is 0 Å². The van der Waals surface area contributed by atoms with Crippen LogP contribution in [0.3, 0.4) is 0 Å². The SMILES string of the molecule is CC1CN(C(=O)CC(C)(C(=O)O)C(C)C)CCC1O. The van der Waals surface area contributed by atoms with Crippen molar-refractivity contribution >= 4 is 11.9 Å². The van der Waals surface area contributed by atoms with Crippen molar-refractivity contribution in [1.82, 2.24) is 4.90 Å². The zero-order valence-electron chi connectivity index (χ0n) is 12.2. The average molecular weight is 271 g/mol. The molecule has 5 nitrogen and oxygen atoms in total. The summed E-state index contributed by atoms with van der Waals surface area (Å²) in [6.45, 7) is 8.20. The van der Waals surface area contributed by atoms with Crippen LogP contribution in [0.5, 0.6) is 0 Å². The van der Waals surface area contributed by atoms with E-state index in [-0.39, 0.29) is 30.3 Å². The lowest BCUT2D eigenvalue weighted by Gasteiger charge is -2.37. The lowest BCUT2D eigenvalue weighted by molar-refractivity contribution is -0.156. The first-order chi connectivity index (χ1) is 8.68. The number of hydrogen-bond donors (Lipinski definition) is 2. The Morgan fingerprint density at radius 3 is 2.42 bits per heavy atom. The van der Waals surface area contributed by atoms with E-state index >= 15 is 0 Å². The lowest BCUT2D eigenvalue weighted by atomic mass is 9.76. The van der Waals surface area contributed by atoms with E-state index in [2.05, 4.69) is 0 Å². The molecule has 0 bridgehead atoms. The van der Waals surface area contributed by atoms with Gasteiger partial charge in [0.1, 0.15) is 0 Å². The molecule has 0 aliphatic carbocycles. The molecule has 2 N–H and O–H groups in total. The minimum Gasteiger partial charge on any atom is -0.481 e. The molecule has 19 heavy (non-hydrogen) atoms. The first-order valence-electron chi connectivity index (χ1n) is 6.87. The fourth-order valence-corrected chi connectivity index (χ4v) is 2.31. The van der Waals surface area contributed by atoms with Gasteiger partial charge in [0.2, 0.25) is 5.91 Å². The summed E-state index contributed by atoms with van der Waals surface area (Å²) in [5.74, 6) is -1.12. The van der Waals surface area contributed by atoms with Crippen LogP contribution in [0.2, 0.25) is 0 Å². The number of aliphatic carboxylic acids is 1. The zero-order chi connectivity index (χ0) is 14.8. The minimum absolute atomic E-state index is 0.0167. The molecule has 0 spiro atoms. The Labute approximate surface area is 114 Å². The van der Waals surface area contributed by atoms with E-state index in [0.29, 0.717) is 19.5 Å². The van der Waals surface area contributed by atoms with E-state index < -0.39 is 11.4 Å². The number of rotatable bonds is 4. The largest absolute Gasteiger partial charge is 0.481 e. The molecule has 5 heteroatoms. The van der Waals surface area contributed by atoms with E-state index in [1.807, 2.05) is 20.8 Å². The maximum absolute atomic E-state index is 12.3. The van der Waals surface area contributed by atoms with Crippen LogP contribution < -0.4 is 0 Å². The predicted molar refractivity (Wildman–Crippen MR) is 71.6 cm³/mol. The first-order valence-corrected chi connectivity index (χ1v) is 6.87. The highest BCUT2D eigenvalue weighted by Gasteiger charge is 2.40. The molecule has 0 radical (unpaired) electrons. The standard InChI is InChI=1S/C14H25NO4/c1-9(2)14(4,13(18)19)7-12(17)15-6-5-11(16)10(3)8-15/h9-11,16H,5-8H2,1-4H3,(H,18,19). The molecule has 0 aromatic rings. The summed E-state index contributed by atoms with van der Waals surface area (Å²) in [6.07, 6.45) is 0.223. The van der Waals surface area contributed by atoms with Crippen LogP contribution in [0.4, 0.5) is 0 Å².